The molecule has 0 aromatic heterocycles. The minimum Gasteiger partial charge on any atom is -0.478 e. The Hall–Kier alpha value is -2.66. The van der Waals surface area contributed by atoms with Gasteiger partial charge in [0.15, 0.2) is 0 Å². The van der Waals surface area contributed by atoms with E-state index in [9.17, 15) is 9.18 Å². The van der Waals surface area contributed by atoms with Gasteiger partial charge in [0.1, 0.15) is 17.3 Å². The van der Waals surface area contributed by atoms with Gasteiger partial charge in [-0.3, -0.25) is 0 Å². The van der Waals surface area contributed by atoms with Crippen molar-refractivity contribution in [2.24, 2.45) is 0 Å². The molecule has 0 aliphatic heterocycles. The van der Waals surface area contributed by atoms with Crippen LogP contribution in [-0.2, 0) is 11.4 Å². The lowest BCUT2D eigenvalue weighted by molar-refractivity contribution is -0.131. The minimum atomic E-state index is -1.11. The molecule has 21 heavy (non-hydrogen) atoms. The summed E-state index contributed by atoms with van der Waals surface area (Å²) in [5.74, 6) is -0.941. The molecule has 0 saturated carbocycles. The van der Waals surface area contributed by atoms with E-state index < -0.39 is 11.8 Å². The predicted molar refractivity (Wildman–Crippen MR) is 75.5 cm³/mol. The highest BCUT2D eigenvalue weighted by atomic mass is 19.1. The number of carboxylic acids is 1. The number of aliphatic hydroxyl groups is 1. The number of ether oxygens (including phenoxy) is 1. The van der Waals surface area contributed by atoms with E-state index in [0.29, 0.717) is 16.9 Å². The number of aliphatic hydroxyl groups excluding tert-OH is 1. The van der Waals surface area contributed by atoms with E-state index in [4.69, 9.17) is 14.9 Å². The van der Waals surface area contributed by atoms with E-state index in [1.165, 1.54) is 24.3 Å². The Morgan fingerprint density at radius 2 is 2.00 bits per heavy atom. The van der Waals surface area contributed by atoms with Crippen molar-refractivity contribution in [1.29, 1.82) is 0 Å². The molecule has 2 N–H and O–H groups in total. The van der Waals surface area contributed by atoms with Crippen molar-refractivity contribution in [2.45, 2.75) is 6.61 Å². The Balaban J connectivity index is 2.25. The largest absolute Gasteiger partial charge is 0.478 e. The van der Waals surface area contributed by atoms with E-state index in [-0.39, 0.29) is 12.4 Å². The van der Waals surface area contributed by atoms with Gasteiger partial charge < -0.3 is 14.9 Å². The van der Waals surface area contributed by atoms with Crippen LogP contribution in [0.3, 0.4) is 0 Å². The molecule has 0 saturated heterocycles. The maximum Gasteiger partial charge on any atom is 0.328 e. The topological polar surface area (TPSA) is 66.8 Å². The third kappa shape index (κ3) is 4.43. The molecule has 0 amide bonds. The van der Waals surface area contributed by atoms with Gasteiger partial charge in [0.05, 0.1) is 6.61 Å². The molecule has 108 valence electrons. The van der Waals surface area contributed by atoms with Crippen LogP contribution in [0.1, 0.15) is 11.1 Å². The highest BCUT2D eigenvalue weighted by Crippen LogP contribution is 2.25. The number of benzene rings is 2. The van der Waals surface area contributed by atoms with Gasteiger partial charge >= 0.3 is 5.97 Å². The summed E-state index contributed by atoms with van der Waals surface area (Å²) in [6.07, 6.45) is 2.20. The normalized spacial score (nSPS) is 10.8. The summed E-state index contributed by atoms with van der Waals surface area (Å²) in [7, 11) is 0. The third-order valence-electron chi connectivity index (χ3n) is 2.63. The van der Waals surface area contributed by atoms with Crippen LogP contribution < -0.4 is 4.74 Å². The fourth-order valence-corrected chi connectivity index (χ4v) is 1.75. The van der Waals surface area contributed by atoms with Crippen molar-refractivity contribution in [2.75, 3.05) is 0 Å². The molecule has 4 nitrogen and oxygen atoms in total. The summed E-state index contributed by atoms with van der Waals surface area (Å²) in [5, 5.41) is 17.6. The highest BCUT2D eigenvalue weighted by molar-refractivity contribution is 5.85. The standard InChI is InChI=1S/C16H13FO4/c17-13-6-11(4-5-16(19)20)7-15(9-13)21-14-3-1-2-12(8-14)10-18/h1-9,18H,10H2,(H,19,20)/b5-4+. The molecule has 5 heteroatoms. The average Bonchev–Trinajstić information content (AvgIpc) is 2.45. The first-order chi connectivity index (χ1) is 10.1. The SMILES string of the molecule is O=C(O)/C=C/c1cc(F)cc(Oc2cccc(CO)c2)c1. The van der Waals surface area contributed by atoms with Crippen LogP contribution in [0.4, 0.5) is 4.39 Å². The van der Waals surface area contributed by atoms with Gasteiger partial charge in [0.2, 0.25) is 0 Å². The number of carboxylic acid groups (broad SMARTS) is 1. The summed E-state index contributed by atoms with van der Waals surface area (Å²) in [6.45, 7) is -0.118. The maximum atomic E-state index is 13.5. The van der Waals surface area contributed by atoms with Crippen molar-refractivity contribution >= 4 is 12.0 Å². The molecule has 0 heterocycles. The number of hydrogen-bond donors (Lipinski definition) is 2. The first kappa shape index (κ1) is 14.7. The van der Waals surface area contributed by atoms with Gasteiger partial charge in [-0.25, -0.2) is 9.18 Å². The second-order valence-electron chi connectivity index (χ2n) is 4.30. The van der Waals surface area contributed by atoms with Crippen molar-refractivity contribution in [3.63, 3.8) is 0 Å². The predicted octanol–water partition coefficient (Wildman–Crippen LogP) is 3.21. The first-order valence-corrected chi connectivity index (χ1v) is 6.16. The fourth-order valence-electron chi connectivity index (χ4n) is 1.75. The number of rotatable bonds is 5. The fraction of sp³-hybridized carbons (Fsp3) is 0.0625. The molecule has 0 aliphatic carbocycles. The Kier molecular flexibility index (Phi) is 4.68. The van der Waals surface area contributed by atoms with Crippen LogP contribution in [0, 0.1) is 5.82 Å². The van der Waals surface area contributed by atoms with Crippen LogP contribution in [0.5, 0.6) is 11.5 Å². The van der Waals surface area contributed by atoms with Crippen LogP contribution in [-0.4, -0.2) is 16.2 Å². The number of aliphatic carboxylic acids is 1. The Morgan fingerprint density at radius 3 is 2.71 bits per heavy atom. The lowest BCUT2D eigenvalue weighted by atomic mass is 10.2. The molecule has 0 aliphatic rings. The molecular weight excluding hydrogens is 275 g/mol. The van der Waals surface area contributed by atoms with Gasteiger partial charge in [0.25, 0.3) is 0 Å². The van der Waals surface area contributed by atoms with Crippen molar-refractivity contribution in [3.8, 4) is 11.5 Å². The second kappa shape index (κ2) is 6.67. The summed E-state index contributed by atoms with van der Waals surface area (Å²) in [4.78, 5) is 10.5. The molecule has 2 aromatic carbocycles. The number of halogens is 1. The number of hydrogen-bond acceptors (Lipinski definition) is 3. The van der Waals surface area contributed by atoms with Crippen LogP contribution >= 0.6 is 0 Å². The third-order valence-corrected chi connectivity index (χ3v) is 2.63. The molecular formula is C16H13FO4. The van der Waals surface area contributed by atoms with Gasteiger partial charge in [-0.15, -0.1) is 0 Å². The van der Waals surface area contributed by atoms with Gasteiger partial charge in [-0.05, 0) is 41.5 Å². The van der Waals surface area contributed by atoms with E-state index in [0.717, 1.165) is 6.08 Å². The molecule has 0 fully saturated rings. The monoisotopic (exact) mass is 288 g/mol. The van der Waals surface area contributed by atoms with E-state index in [2.05, 4.69) is 0 Å². The van der Waals surface area contributed by atoms with E-state index in [1.807, 2.05) is 0 Å². The minimum absolute atomic E-state index is 0.118. The Morgan fingerprint density at radius 1 is 1.19 bits per heavy atom. The van der Waals surface area contributed by atoms with Gasteiger partial charge in [-0.2, -0.15) is 0 Å². The zero-order valence-corrected chi connectivity index (χ0v) is 11.0. The molecule has 2 aromatic rings. The van der Waals surface area contributed by atoms with Crippen molar-refractivity contribution < 1.29 is 24.1 Å². The molecule has 0 unspecified atom stereocenters. The molecule has 0 atom stereocenters. The lowest BCUT2D eigenvalue weighted by Gasteiger charge is -2.08. The average molecular weight is 288 g/mol. The van der Waals surface area contributed by atoms with E-state index >= 15 is 0 Å². The van der Waals surface area contributed by atoms with Gasteiger partial charge in [0, 0.05) is 12.1 Å². The molecule has 0 bridgehead atoms. The summed E-state index contributed by atoms with van der Waals surface area (Å²) in [6, 6.07) is 10.7. The van der Waals surface area contributed by atoms with E-state index in [1.54, 1.807) is 24.3 Å². The lowest BCUT2D eigenvalue weighted by Crippen LogP contribution is -1.90. The quantitative estimate of drug-likeness (QED) is 0.829. The molecule has 2 rings (SSSR count). The van der Waals surface area contributed by atoms with Gasteiger partial charge in [-0.1, -0.05) is 12.1 Å². The summed E-state index contributed by atoms with van der Waals surface area (Å²) < 4.78 is 19.0. The Bertz CT molecular complexity index is 680. The maximum absolute atomic E-state index is 13.5. The smallest absolute Gasteiger partial charge is 0.328 e. The molecule has 0 spiro atoms. The Labute approximate surface area is 120 Å². The number of carbonyl (C=O) groups is 1. The zero-order chi connectivity index (χ0) is 15.2. The first-order valence-electron chi connectivity index (χ1n) is 6.16. The summed E-state index contributed by atoms with van der Waals surface area (Å²) in [5.41, 5.74) is 1.06. The van der Waals surface area contributed by atoms with Crippen LogP contribution in [0.15, 0.2) is 48.5 Å². The van der Waals surface area contributed by atoms with Crippen LogP contribution in [0.2, 0.25) is 0 Å². The molecule has 0 radical (unpaired) electrons. The van der Waals surface area contributed by atoms with Crippen LogP contribution in [0.25, 0.3) is 6.08 Å². The van der Waals surface area contributed by atoms with Crippen molar-refractivity contribution in [1.82, 2.24) is 0 Å². The van der Waals surface area contributed by atoms with Crippen molar-refractivity contribution in [3.05, 3.63) is 65.5 Å². The zero-order valence-electron chi connectivity index (χ0n) is 11.0. The highest BCUT2D eigenvalue weighted by Gasteiger charge is 2.03. The second-order valence-corrected chi connectivity index (χ2v) is 4.30. The summed E-state index contributed by atoms with van der Waals surface area (Å²) >= 11 is 0.